The minimum atomic E-state index is -4.21. The number of carbonyl (C=O) groups is 2. The van der Waals surface area contributed by atoms with Crippen LogP contribution >= 0.6 is 0 Å². The molecule has 0 atom stereocenters. The maximum absolute atomic E-state index is 14.4. The van der Waals surface area contributed by atoms with Gasteiger partial charge in [0.25, 0.3) is 0 Å². The van der Waals surface area contributed by atoms with E-state index < -0.39 is 40.8 Å². The van der Waals surface area contributed by atoms with Gasteiger partial charge < -0.3 is 19.5 Å². The molecule has 0 aromatic heterocycles. The smallest absolute Gasteiger partial charge is 0.340 e. The number of methoxy groups -OCH3 is 3. The lowest BCUT2D eigenvalue weighted by Crippen LogP contribution is -2.38. The van der Waals surface area contributed by atoms with Crippen molar-refractivity contribution in [1.82, 2.24) is 4.31 Å². The van der Waals surface area contributed by atoms with Crippen molar-refractivity contribution in [2.24, 2.45) is 0 Å². The van der Waals surface area contributed by atoms with Crippen molar-refractivity contribution in [2.75, 3.05) is 33.2 Å². The second-order valence-corrected chi connectivity index (χ2v) is 9.91. The summed E-state index contributed by atoms with van der Waals surface area (Å²) in [6.45, 7) is 0.745. The molecular weight excluding hydrogens is 503 g/mol. The molecule has 0 aliphatic heterocycles. The van der Waals surface area contributed by atoms with Gasteiger partial charge in [-0.05, 0) is 25.1 Å². The monoisotopic (exact) mass is 530 g/mol. The molecule has 1 N–H and O–H groups in total. The Morgan fingerprint density at radius 2 is 1.57 bits per heavy atom. The molecule has 3 rings (SSSR count). The van der Waals surface area contributed by atoms with E-state index in [1.807, 2.05) is 6.92 Å². The van der Waals surface area contributed by atoms with Crippen LogP contribution in [0.3, 0.4) is 0 Å². The number of nitrogens with zero attached hydrogens (tertiary/aromatic N) is 1. The number of ether oxygens (including phenoxy) is 3. The summed E-state index contributed by atoms with van der Waals surface area (Å²) in [5.41, 5.74) is 0.928. The first-order valence-corrected chi connectivity index (χ1v) is 12.5. The molecule has 0 fully saturated rings. The van der Waals surface area contributed by atoms with Crippen molar-refractivity contribution < 1.29 is 36.6 Å². The molecule has 0 saturated heterocycles. The topological polar surface area (TPSA) is 111 Å². The minimum absolute atomic E-state index is 0.0214. The highest BCUT2D eigenvalue weighted by Crippen LogP contribution is 2.34. The highest BCUT2D eigenvalue weighted by atomic mass is 32.2. The maximum Gasteiger partial charge on any atom is 0.340 e. The predicted octanol–water partition coefficient (Wildman–Crippen LogP) is 3.77. The van der Waals surface area contributed by atoms with Crippen molar-refractivity contribution in [3.63, 3.8) is 0 Å². The Morgan fingerprint density at radius 1 is 0.946 bits per heavy atom. The molecule has 0 bridgehead atoms. The molecule has 3 aromatic rings. The van der Waals surface area contributed by atoms with E-state index in [1.54, 1.807) is 18.2 Å². The molecule has 3 aromatic carbocycles. The first-order valence-electron chi connectivity index (χ1n) is 11.0. The zero-order valence-electron chi connectivity index (χ0n) is 20.8. The van der Waals surface area contributed by atoms with Gasteiger partial charge in [-0.15, -0.1) is 0 Å². The molecule has 0 aliphatic rings. The van der Waals surface area contributed by atoms with Crippen LogP contribution in [0.4, 0.5) is 10.1 Å². The number of nitrogens with one attached hydrogen (secondary N) is 1. The molecule has 9 nitrogen and oxygen atoms in total. The maximum atomic E-state index is 14.4. The number of halogens is 1. The quantitative estimate of drug-likeness (QED) is 0.397. The van der Waals surface area contributed by atoms with Crippen molar-refractivity contribution in [2.45, 2.75) is 18.4 Å². The number of benzene rings is 3. The number of anilines is 1. The number of aryl methyl sites for hydroxylation is 1. The van der Waals surface area contributed by atoms with Crippen molar-refractivity contribution in [3.05, 3.63) is 83.2 Å². The summed E-state index contributed by atoms with van der Waals surface area (Å²) in [5.74, 6) is -1.69. The Morgan fingerprint density at radius 3 is 2.16 bits per heavy atom. The summed E-state index contributed by atoms with van der Waals surface area (Å²) in [4.78, 5) is 25.4. The molecule has 0 spiro atoms. The van der Waals surface area contributed by atoms with Crippen molar-refractivity contribution in [1.29, 1.82) is 0 Å². The molecule has 0 aliphatic carbocycles. The Labute approximate surface area is 214 Å². The summed E-state index contributed by atoms with van der Waals surface area (Å²) in [5, 5.41) is 2.54. The van der Waals surface area contributed by atoms with Gasteiger partial charge in [-0.1, -0.05) is 35.9 Å². The first-order chi connectivity index (χ1) is 17.6. The number of hydrogen-bond acceptors (Lipinski definition) is 7. The number of rotatable bonds is 10. The fourth-order valence-corrected chi connectivity index (χ4v) is 4.89. The molecule has 37 heavy (non-hydrogen) atoms. The second kappa shape index (κ2) is 11.8. The SMILES string of the molecule is COC(=O)c1cc(OC)c(OC)cc1NC(=O)CN(Cc1ccccc1F)S(=O)(=O)c1ccc(C)cc1. The van der Waals surface area contributed by atoms with E-state index in [0.717, 1.165) is 9.87 Å². The molecule has 1 amide bonds. The van der Waals surface area contributed by atoms with E-state index >= 15 is 0 Å². The second-order valence-electron chi connectivity index (χ2n) is 7.97. The van der Waals surface area contributed by atoms with Crippen LogP contribution < -0.4 is 14.8 Å². The van der Waals surface area contributed by atoms with Gasteiger partial charge in [0, 0.05) is 24.2 Å². The number of sulfonamides is 1. The van der Waals surface area contributed by atoms with Gasteiger partial charge >= 0.3 is 5.97 Å². The molecule has 196 valence electrons. The highest BCUT2D eigenvalue weighted by molar-refractivity contribution is 7.89. The lowest BCUT2D eigenvalue weighted by atomic mass is 10.1. The Kier molecular flexibility index (Phi) is 8.85. The average Bonchev–Trinajstić information content (AvgIpc) is 2.88. The van der Waals surface area contributed by atoms with Crippen LogP contribution in [0.5, 0.6) is 11.5 Å². The zero-order valence-corrected chi connectivity index (χ0v) is 21.6. The normalized spacial score (nSPS) is 11.2. The summed E-state index contributed by atoms with van der Waals surface area (Å²) < 4.78 is 57.5. The summed E-state index contributed by atoms with van der Waals surface area (Å²) >= 11 is 0. The van der Waals surface area contributed by atoms with Crippen LogP contribution in [0, 0.1) is 12.7 Å². The minimum Gasteiger partial charge on any atom is -0.493 e. The predicted molar refractivity (Wildman–Crippen MR) is 135 cm³/mol. The molecule has 0 unspecified atom stereocenters. The average molecular weight is 531 g/mol. The number of hydrogen-bond donors (Lipinski definition) is 1. The van der Waals surface area contributed by atoms with E-state index in [-0.39, 0.29) is 33.2 Å². The van der Waals surface area contributed by atoms with E-state index in [0.29, 0.717) is 0 Å². The summed E-state index contributed by atoms with van der Waals surface area (Å²) in [6.07, 6.45) is 0. The first kappa shape index (κ1) is 27.6. The van der Waals surface area contributed by atoms with Crippen LogP contribution in [0.15, 0.2) is 65.6 Å². The highest BCUT2D eigenvalue weighted by Gasteiger charge is 2.28. The summed E-state index contributed by atoms with van der Waals surface area (Å²) in [6, 6.07) is 14.5. The fraction of sp³-hybridized carbons (Fsp3) is 0.231. The van der Waals surface area contributed by atoms with Crippen molar-refractivity contribution >= 4 is 27.6 Å². The summed E-state index contributed by atoms with van der Waals surface area (Å²) in [7, 11) is -0.267. The molecular formula is C26H27FN2O7S. The van der Waals surface area contributed by atoms with Crippen LogP contribution in [-0.2, 0) is 26.1 Å². The van der Waals surface area contributed by atoms with Gasteiger partial charge in [-0.25, -0.2) is 17.6 Å². The van der Waals surface area contributed by atoms with Crippen LogP contribution in [0.1, 0.15) is 21.5 Å². The molecule has 0 heterocycles. The van der Waals surface area contributed by atoms with Gasteiger partial charge in [0.05, 0.1) is 44.0 Å². The molecule has 11 heteroatoms. The van der Waals surface area contributed by atoms with Gasteiger partial charge in [0.15, 0.2) is 11.5 Å². The lowest BCUT2D eigenvalue weighted by Gasteiger charge is -2.23. The van der Waals surface area contributed by atoms with Gasteiger partial charge in [-0.3, -0.25) is 4.79 Å². The third-order valence-electron chi connectivity index (χ3n) is 5.49. The number of amides is 1. The third kappa shape index (κ3) is 6.43. The van der Waals surface area contributed by atoms with Crippen LogP contribution in [-0.4, -0.2) is 52.5 Å². The Balaban J connectivity index is 1.98. The molecule has 0 radical (unpaired) electrons. The van der Waals surface area contributed by atoms with E-state index in [4.69, 9.17) is 14.2 Å². The van der Waals surface area contributed by atoms with Crippen molar-refractivity contribution in [3.8, 4) is 11.5 Å². The lowest BCUT2D eigenvalue weighted by molar-refractivity contribution is -0.116. The van der Waals surface area contributed by atoms with Gasteiger partial charge in [-0.2, -0.15) is 4.31 Å². The standard InChI is InChI=1S/C26H27FN2O7S/c1-17-9-11-19(12-10-17)37(32,33)29(15-18-7-5-6-8-21(18)27)16-25(30)28-22-14-24(35-3)23(34-2)13-20(22)26(31)36-4/h5-14H,15-16H2,1-4H3,(H,28,30). The Hall–Kier alpha value is -3.96. The zero-order chi connectivity index (χ0) is 27.2. The van der Waals surface area contributed by atoms with Crippen LogP contribution in [0.25, 0.3) is 0 Å². The molecule has 0 saturated carbocycles. The van der Waals surface area contributed by atoms with E-state index in [1.165, 1.54) is 63.8 Å². The number of carbonyl (C=O) groups excluding carboxylic acids is 2. The van der Waals surface area contributed by atoms with Crippen LogP contribution in [0.2, 0.25) is 0 Å². The van der Waals surface area contributed by atoms with E-state index in [9.17, 15) is 22.4 Å². The van der Waals surface area contributed by atoms with Gasteiger partial charge in [0.2, 0.25) is 15.9 Å². The van der Waals surface area contributed by atoms with Gasteiger partial charge in [0.1, 0.15) is 5.82 Å². The Bertz CT molecular complexity index is 1390. The third-order valence-corrected chi connectivity index (χ3v) is 7.29. The number of esters is 1. The van der Waals surface area contributed by atoms with E-state index in [2.05, 4.69) is 5.32 Å². The fourth-order valence-electron chi connectivity index (χ4n) is 3.51. The largest absolute Gasteiger partial charge is 0.493 e.